The van der Waals surface area contributed by atoms with Crippen molar-refractivity contribution in [1.29, 1.82) is 0 Å². The standard InChI is InChI=1S/C11H15NOS/c1-2-13-9-3-5-10(6-4-9)14-11(12)7-8-11/h3-6H,2,7-8,12H2,1H3. The summed E-state index contributed by atoms with van der Waals surface area (Å²) in [4.78, 5) is 1.25. The van der Waals surface area contributed by atoms with Gasteiger partial charge in [0.05, 0.1) is 11.5 Å². The van der Waals surface area contributed by atoms with Crippen molar-refractivity contribution >= 4 is 11.8 Å². The van der Waals surface area contributed by atoms with Gasteiger partial charge in [-0.1, -0.05) is 0 Å². The van der Waals surface area contributed by atoms with Crippen LogP contribution in [0.1, 0.15) is 19.8 Å². The monoisotopic (exact) mass is 209 g/mol. The van der Waals surface area contributed by atoms with Gasteiger partial charge in [-0.2, -0.15) is 0 Å². The van der Waals surface area contributed by atoms with E-state index in [2.05, 4.69) is 12.1 Å². The van der Waals surface area contributed by atoms with Gasteiger partial charge in [0, 0.05) is 4.90 Å². The van der Waals surface area contributed by atoms with E-state index in [1.165, 1.54) is 4.90 Å². The molecule has 1 saturated carbocycles. The average Bonchev–Trinajstić information content (AvgIpc) is 2.88. The summed E-state index contributed by atoms with van der Waals surface area (Å²) in [6.07, 6.45) is 2.26. The minimum absolute atomic E-state index is 0.0210. The van der Waals surface area contributed by atoms with Crippen LogP contribution in [0.25, 0.3) is 0 Å². The van der Waals surface area contributed by atoms with Gasteiger partial charge in [-0.05, 0) is 44.0 Å². The van der Waals surface area contributed by atoms with Gasteiger partial charge in [0.15, 0.2) is 0 Å². The molecule has 0 heterocycles. The third kappa shape index (κ3) is 2.42. The van der Waals surface area contributed by atoms with E-state index in [1.807, 2.05) is 19.1 Å². The van der Waals surface area contributed by atoms with Gasteiger partial charge in [0.1, 0.15) is 5.75 Å². The molecule has 0 unspecified atom stereocenters. The highest BCUT2D eigenvalue weighted by atomic mass is 32.2. The lowest BCUT2D eigenvalue weighted by Crippen LogP contribution is -2.15. The molecule has 76 valence electrons. The molecular weight excluding hydrogens is 194 g/mol. The summed E-state index contributed by atoms with van der Waals surface area (Å²) in [7, 11) is 0. The van der Waals surface area contributed by atoms with Crippen LogP contribution in [0.2, 0.25) is 0 Å². The highest BCUT2D eigenvalue weighted by Crippen LogP contribution is 2.47. The van der Waals surface area contributed by atoms with Crippen LogP contribution in [0.15, 0.2) is 29.2 Å². The minimum Gasteiger partial charge on any atom is -0.494 e. The van der Waals surface area contributed by atoms with E-state index in [1.54, 1.807) is 11.8 Å². The molecule has 0 atom stereocenters. The first-order chi connectivity index (χ1) is 6.72. The van der Waals surface area contributed by atoms with Crippen molar-refractivity contribution in [3.05, 3.63) is 24.3 Å². The maximum atomic E-state index is 6.01. The van der Waals surface area contributed by atoms with Crippen molar-refractivity contribution in [2.75, 3.05) is 6.61 Å². The first-order valence-corrected chi connectivity index (χ1v) is 5.74. The second kappa shape index (κ2) is 3.83. The molecule has 1 aliphatic carbocycles. The molecule has 14 heavy (non-hydrogen) atoms. The third-order valence-corrected chi connectivity index (χ3v) is 3.52. The van der Waals surface area contributed by atoms with Crippen molar-refractivity contribution in [3.8, 4) is 5.75 Å². The molecular formula is C11H15NOS. The van der Waals surface area contributed by atoms with Gasteiger partial charge in [0.2, 0.25) is 0 Å². The molecule has 1 aromatic rings. The van der Waals surface area contributed by atoms with Gasteiger partial charge >= 0.3 is 0 Å². The molecule has 1 aliphatic rings. The summed E-state index contributed by atoms with van der Waals surface area (Å²) in [6, 6.07) is 8.14. The molecule has 1 fully saturated rings. The number of benzene rings is 1. The highest BCUT2D eigenvalue weighted by Gasteiger charge is 2.39. The number of hydrogen-bond donors (Lipinski definition) is 1. The van der Waals surface area contributed by atoms with Crippen molar-refractivity contribution in [3.63, 3.8) is 0 Å². The van der Waals surface area contributed by atoms with Crippen LogP contribution in [0.4, 0.5) is 0 Å². The fourth-order valence-electron chi connectivity index (χ4n) is 1.23. The van der Waals surface area contributed by atoms with Crippen LogP contribution in [-0.2, 0) is 0 Å². The number of rotatable bonds is 4. The van der Waals surface area contributed by atoms with Crippen molar-refractivity contribution in [2.24, 2.45) is 5.73 Å². The molecule has 3 heteroatoms. The van der Waals surface area contributed by atoms with Crippen LogP contribution in [0, 0.1) is 0 Å². The largest absolute Gasteiger partial charge is 0.494 e. The van der Waals surface area contributed by atoms with E-state index in [4.69, 9.17) is 10.5 Å². The van der Waals surface area contributed by atoms with Crippen molar-refractivity contribution < 1.29 is 4.74 Å². The Bertz CT molecular complexity index is 306. The Morgan fingerprint density at radius 2 is 2.00 bits per heavy atom. The molecule has 2 rings (SSSR count). The second-order valence-corrected chi connectivity index (χ2v) is 5.06. The molecule has 2 N–H and O–H groups in total. The Morgan fingerprint density at radius 1 is 1.36 bits per heavy atom. The fourth-order valence-corrected chi connectivity index (χ4v) is 2.28. The predicted molar refractivity (Wildman–Crippen MR) is 59.6 cm³/mol. The number of ether oxygens (including phenoxy) is 1. The number of hydrogen-bond acceptors (Lipinski definition) is 3. The molecule has 0 spiro atoms. The summed E-state index contributed by atoms with van der Waals surface area (Å²) in [5.41, 5.74) is 6.01. The Balaban J connectivity index is 1.99. The molecule has 2 nitrogen and oxygen atoms in total. The maximum absolute atomic E-state index is 6.01. The van der Waals surface area contributed by atoms with E-state index in [0.717, 1.165) is 18.6 Å². The van der Waals surface area contributed by atoms with E-state index in [-0.39, 0.29) is 4.87 Å². The predicted octanol–water partition coefficient (Wildman–Crippen LogP) is 2.63. The average molecular weight is 209 g/mol. The summed E-state index contributed by atoms with van der Waals surface area (Å²) < 4.78 is 5.37. The van der Waals surface area contributed by atoms with Gasteiger partial charge in [0.25, 0.3) is 0 Å². The number of nitrogens with two attached hydrogens (primary N) is 1. The lowest BCUT2D eigenvalue weighted by atomic mass is 10.3. The fraction of sp³-hybridized carbons (Fsp3) is 0.455. The third-order valence-electron chi connectivity index (χ3n) is 2.20. The zero-order valence-electron chi connectivity index (χ0n) is 8.32. The van der Waals surface area contributed by atoms with Crippen molar-refractivity contribution in [1.82, 2.24) is 0 Å². The first-order valence-electron chi connectivity index (χ1n) is 4.93. The van der Waals surface area contributed by atoms with Gasteiger partial charge in [-0.15, -0.1) is 11.8 Å². The molecule has 0 bridgehead atoms. The van der Waals surface area contributed by atoms with E-state index >= 15 is 0 Å². The quantitative estimate of drug-likeness (QED) is 0.774. The Labute approximate surface area is 88.8 Å². The topological polar surface area (TPSA) is 35.2 Å². The Hall–Kier alpha value is -0.670. The summed E-state index contributed by atoms with van der Waals surface area (Å²) in [6.45, 7) is 2.70. The molecule has 0 amide bonds. The maximum Gasteiger partial charge on any atom is 0.119 e. The lowest BCUT2D eigenvalue weighted by Gasteiger charge is -2.08. The molecule has 0 saturated heterocycles. The van der Waals surface area contributed by atoms with E-state index < -0.39 is 0 Å². The van der Waals surface area contributed by atoms with Crippen LogP contribution in [0.3, 0.4) is 0 Å². The molecule has 0 radical (unpaired) electrons. The Morgan fingerprint density at radius 3 is 2.50 bits per heavy atom. The van der Waals surface area contributed by atoms with Gasteiger partial charge < -0.3 is 10.5 Å². The molecule has 0 aliphatic heterocycles. The van der Waals surface area contributed by atoms with Crippen LogP contribution in [-0.4, -0.2) is 11.5 Å². The van der Waals surface area contributed by atoms with E-state index in [0.29, 0.717) is 6.61 Å². The van der Waals surface area contributed by atoms with Gasteiger partial charge in [-0.3, -0.25) is 0 Å². The zero-order valence-corrected chi connectivity index (χ0v) is 9.14. The second-order valence-electron chi connectivity index (χ2n) is 3.57. The van der Waals surface area contributed by atoms with Crippen LogP contribution < -0.4 is 10.5 Å². The normalized spacial score (nSPS) is 17.9. The minimum atomic E-state index is 0.0210. The Kier molecular flexibility index (Phi) is 2.70. The summed E-state index contributed by atoms with van der Waals surface area (Å²) in [5.74, 6) is 0.929. The van der Waals surface area contributed by atoms with Crippen LogP contribution >= 0.6 is 11.8 Å². The smallest absolute Gasteiger partial charge is 0.119 e. The first kappa shape index (κ1) is 9.87. The lowest BCUT2D eigenvalue weighted by molar-refractivity contribution is 0.340. The van der Waals surface area contributed by atoms with E-state index in [9.17, 15) is 0 Å². The highest BCUT2D eigenvalue weighted by molar-refractivity contribution is 8.01. The van der Waals surface area contributed by atoms with Crippen molar-refractivity contribution in [2.45, 2.75) is 29.5 Å². The SMILES string of the molecule is CCOc1ccc(SC2(N)CC2)cc1. The number of thioether (sulfide) groups is 1. The summed E-state index contributed by atoms with van der Waals surface area (Å²) in [5, 5.41) is 0. The van der Waals surface area contributed by atoms with Crippen LogP contribution in [0.5, 0.6) is 5.75 Å². The summed E-state index contributed by atoms with van der Waals surface area (Å²) >= 11 is 1.76. The molecule has 1 aromatic carbocycles. The van der Waals surface area contributed by atoms with Gasteiger partial charge in [-0.25, -0.2) is 0 Å². The molecule has 0 aromatic heterocycles. The zero-order chi connectivity index (χ0) is 10.0.